The lowest BCUT2D eigenvalue weighted by Crippen LogP contribution is -1.79. The van der Waals surface area contributed by atoms with E-state index in [1.54, 1.807) is 0 Å². The SMILES string of the molecule is C=C.CC.Nc1ccccc1. The quantitative estimate of drug-likeness (QED) is 0.447. The smallest absolute Gasteiger partial charge is 0.0313 e. The molecule has 0 aromatic heterocycles. The van der Waals surface area contributed by atoms with Crippen LogP contribution in [0.4, 0.5) is 5.69 Å². The molecule has 0 saturated heterocycles. The molecule has 1 rings (SSSR count). The van der Waals surface area contributed by atoms with Gasteiger partial charge in [0.15, 0.2) is 0 Å². The van der Waals surface area contributed by atoms with Gasteiger partial charge in [-0.3, -0.25) is 0 Å². The molecule has 0 aliphatic heterocycles. The number of rotatable bonds is 0. The van der Waals surface area contributed by atoms with Crippen LogP contribution in [0.2, 0.25) is 0 Å². The second-order valence-electron chi connectivity index (χ2n) is 1.41. The predicted octanol–water partition coefficient (Wildman–Crippen LogP) is 3.10. The lowest BCUT2D eigenvalue weighted by Gasteiger charge is -1.83. The van der Waals surface area contributed by atoms with Crippen LogP contribution in [0.15, 0.2) is 43.5 Å². The molecule has 0 aliphatic rings. The molecule has 2 N–H and O–H groups in total. The fourth-order valence-corrected chi connectivity index (χ4v) is 0.453. The van der Waals surface area contributed by atoms with Crippen molar-refractivity contribution in [3.8, 4) is 0 Å². The molecule has 0 heterocycles. The molecule has 0 radical (unpaired) electrons. The number of nitrogen functional groups attached to an aromatic ring is 1. The third kappa shape index (κ3) is 8.76. The molecule has 1 nitrogen and oxygen atoms in total. The van der Waals surface area contributed by atoms with Gasteiger partial charge in [0.05, 0.1) is 0 Å². The molecule has 0 amide bonds. The van der Waals surface area contributed by atoms with Gasteiger partial charge in [-0.25, -0.2) is 0 Å². The van der Waals surface area contributed by atoms with Crippen LogP contribution in [-0.2, 0) is 0 Å². The van der Waals surface area contributed by atoms with E-state index in [2.05, 4.69) is 13.2 Å². The Labute approximate surface area is 69.6 Å². The molecule has 0 saturated carbocycles. The van der Waals surface area contributed by atoms with Crippen molar-refractivity contribution >= 4 is 5.69 Å². The Bertz CT molecular complexity index is 146. The number of hydrogen-bond acceptors (Lipinski definition) is 1. The highest BCUT2D eigenvalue weighted by Gasteiger charge is 1.72. The first-order valence-electron chi connectivity index (χ1n) is 3.70. The van der Waals surface area contributed by atoms with E-state index in [0.29, 0.717) is 0 Å². The Kier molecular flexibility index (Phi) is 13.1. The van der Waals surface area contributed by atoms with Gasteiger partial charge < -0.3 is 5.73 Å². The van der Waals surface area contributed by atoms with Gasteiger partial charge in [-0.2, -0.15) is 0 Å². The molecule has 0 aliphatic carbocycles. The maximum absolute atomic E-state index is 5.36. The van der Waals surface area contributed by atoms with Gasteiger partial charge in [0.25, 0.3) is 0 Å². The Morgan fingerprint density at radius 3 is 1.55 bits per heavy atom. The summed E-state index contributed by atoms with van der Waals surface area (Å²) in [5, 5.41) is 0. The van der Waals surface area contributed by atoms with E-state index in [-0.39, 0.29) is 0 Å². The molecule has 0 spiro atoms. The first-order valence-corrected chi connectivity index (χ1v) is 3.70. The van der Waals surface area contributed by atoms with E-state index >= 15 is 0 Å². The van der Waals surface area contributed by atoms with Crippen LogP contribution in [0.1, 0.15) is 13.8 Å². The summed E-state index contributed by atoms with van der Waals surface area (Å²) in [5.74, 6) is 0. The van der Waals surface area contributed by atoms with Gasteiger partial charge in [-0.1, -0.05) is 32.0 Å². The van der Waals surface area contributed by atoms with Crippen molar-refractivity contribution < 1.29 is 0 Å². The summed E-state index contributed by atoms with van der Waals surface area (Å²) in [4.78, 5) is 0. The third-order valence-electron chi connectivity index (χ3n) is 0.800. The first-order chi connectivity index (χ1) is 5.39. The summed E-state index contributed by atoms with van der Waals surface area (Å²) in [7, 11) is 0. The first kappa shape index (κ1) is 12.4. The molecular formula is C10H17N. The van der Waals surface area contributed by atoms with Crippen LogP contribution in [0, 0.1) is 0 Å². The van der Waals surface area contributed by atoms with E-state index in [1.807, 2.05) is 44.2 Å². The normalized spacial score (nSPS) is 6.36. The molecule has 1 aromatic rings. The fourth-order valence-electron chi connectivity index (χ4n) is 0.453. The summed E-state index contributed by atoms with van der Waals surface area (Å²) >= 11 is 0. The van der Waals surface area contributed by atoms with Crippen LogP contribution in [0.5, 0.6) is 0 Å². The maximum Gasteiger partial charge on any atom is 0.0313 e. The van der Waals surface area contributed by atoms with E-state index in [9.17, 15) is 0 Å². The van der Waals surface area contributed by atoms with E-state index in [0.717, 1.165) is 5.69 Å². The molecule has 0 unspecified atom stereocenters. The molecule has 11 heavy (non-hydrogen) atoms. The van der Waals surface area contributed by atoms with Crippen LogP contribution < -0.4 is 5.73 Å². The Morgan fingerprint density at radius 2 is 1.36 bits per heavy atom. The molecule has 0 fully saturated rings. The van der Waals surface area contributed by atoms with Crippen molar-refractivity contribution in [2.45, 2.75) is 13.8 Å². The number of nitrogens with two attached hydrogens (primary N) is 1. The topological polar surface area (TPSA) is 26.0 Å². The Hall–Kier alpha value is -1.24. The average Bonchev–Trinajstić information content (AvgIpc) is 2.13. The van der Waals surface area contributed by atoms with Crippen molar-refractivity contribution in [2.75, 3.05) is 5.73 Å². The standard InChI is InChI=1S/C6H7N.C2H6.C2H4/c7-6-4-2-1-3-5-6;2*1-2/h1-5H,7H2;1-2H3;1-2H2. The van der Waals surface area contributed by atoms with Crippen molar-refractivity contribution in [3.63, 3.8) is 0 Å². The second kappa shape index (κ2) is 11.5. The zero-order valence-corrected chi connectivity index (χ0v) is 7.38. The number of anilines is 1. The fraction of sp³-hybridized carbons (Fsp3) is 0.200. The molecule has 0 atom stereocenters. The van der Waals surface area contributed by atoms with E-state index in [4.69, 9.17) is 5.73 Å². The summed E-state index contributed by atoms with van der Waals surface area (Å²) in [6, 6.07) is 9.49. The monoisotopic (exact) mass is 151 g/mol. The van der Waals surface area contributed by atoms with Gasteiger partial charge in [-0.05, 0) is 12.1 Å². The minimum Gasteiger partial charge on any atom is -0.399 e. The minimum absolute atomic E-state index is 0.822. The largest absolute Gasteiger partial charge is 0.399 e. The summed E-state index contributed by atoms with van der Waals surface area (Å²) < 4.78 is 0. The molecule has 62 valence electrons. The van der Waals surface area contributed by atoms with Crippen LogP contribution >= 0.6 is 0 Å². The van der Waals surface area contributed by atoms with Gasteiger partial charge in [-0.15, -0.1) is 13.2 Å². The van der Waals surface area contributed by atoms with Crippen molar-refractivity contribution in [2.24, 2.45) is 0 Å². The lowest BCUT2D eigenvalue weighted by molar-refractivity contribution is 1.50. The average molecular weight is 151 g/mol. The molecular weight excluding hydrogens is 134 g/mol. The van der Waals surface area contributed by atoms with Crippen LogP contribution in [0.3, 0.4) is 0 Å². The molecule has 1 aromatic carbocycles. The van der Waals surface area contributed by atoms with Gasteiger partial charge in [0.2, 0.25) is 0 Å². The summed E-state index contributed by atoms with van der Waals surface area (Å²) in [5.41, 5.74) is 6.18. The zero-order valence-electron chi connectivity index (χ0n) is 7.38. The van der Waals surface area contributed by atoms with Crippen molar-refractivity contribution in [1.82, 2.24) is 0 Å². The molecule has 1 heteroatoms. The molecule has 0 bridgehead atoms. The maximum atomic E-state index is 5.36. The third-order valence-corrected chi connectivity index (χ3v) is 0.800. The number of benzene rings is 1. The Morgan fingerprint density at radius 1 is 1.00 bits per heavy atom. The lowest BCUT2D eigenvalue weighted by atomic mass is 10.3. The zero-order chi connectivity index (χ0) is 9.11. The number of hydrogen-bond donors (Lipinski definition) is 1. The van der Waals surface area contributed by atoms with Crippen LogP contribution in [-0.4, -0.2) is 0 Å². The van der Waals surface area contributed by atoms with Gasteiger partial charge in [0.1, 0.15) is 0 Å². The van der Waals surface area contributed by atoms with E-state index < -0.39 is 0 Å². The van der Waals surface area contributed by atoms with Crippen LogP contribution in [0.25, 0.3) is 0 Å². The number of para-hydroxylation sites is 1. The summed E-state index contributed by atoms with van der Waals surface area (Å²) in [6.45, 7) is 10.0. The highest BCUT2D eigenvalue weighted by atomic mass is 14.5. The van der Waals surface area contributed by atoms with Gasteiger partial charge in [0, 0.05) is 5.69 Å². The Balaban J connectivity index is 0. The highest BCUT2D eigenvalue weighted by molar-refractivity contribution is 5.35. The predicted molar refractivity (Wildman–Crippen MR) is 53.5 cm³/mol. The minimum atomic E-state index is 0.822. The summed E-state index contributed by atoms with van der Waals surface area (Å²) in [6.07, 6.45) is 0. The highest BCUT2D eigenvalue weighted by Crippen LogP contribution is 1.95. The van der Waals surface area contributed by atoms with Crippen molar-refractivity contribution in [3.05, 3.63) is 43.5 Å². The van der Waals surface area contributed by atoms with E-state index in [1.165, 1.54) is 0 Å². The second-order valence-corrected chi connectivity index (χ2v) is 1.41. The van der Waals surface area contributed by atoms with Crippen molar-refractivity contribution in [1.29, 1.82) is 0 Å². The van der Waals surface area contributed by atoms with Gasteiger partial charge >= 0.3 is 0 Å².